The van der Waals surface area contributed by atoms with Crippen molar-refractivity contribution in [3.05, 3.63) is 18.7 Å². The van der Waals surface area contributed by atoms with Crippen molar-refractivity contribution in [2.45, 2.75) is 25.7 Å². The van der Waals surface area contributed by atoms with Crippen molar-refractivity contribution in [3.8, 4) is 0 Å². The van der Waals surface area contributed by atoms with E-state index < -0.39 is 0 Å². The third-order valence-corrected chi connectivity index (χ3v) is 1.41. The monoisotopic (exact) mass is 158 g/mol. The first-order chi connectivity index (χ1) is 4.50. The van der Waals surface area contributed by atoms with E-state index in [1.54, 1.807) is 18.7 Å². The first kappa shape index (κ1) is 9.64. The van der Waals surface area contributed by atoms with Crippen LogP contribution in [0.4, 0.5) is 0 Å². The molecule has 0 saturated heterocycles. The third kappa shape index (κ3) is 4.51. The Kier molecular flexibility index (Phi) is 6.51. The second-order valence-corrected chi connectivity index (χ2v) is 2.17. The summed E-state index contributed by atoms with van der Waals surface area (Å²) in [5.41, 5.74) is 0. The molecule has 2 nitrogen and oxygen atoms in total. The van der Waals surface area contributed by atoms with Crippen LogP contribution in [0.25, 0.3) is 0 Å². The summed E-state index contributed by atoms with van der Waals surface area (Å²) in [4.78, 5) is 6.42. The lowest BCUT2D eigenvalue weighted by molar-refractivity contribution is 0.504. The number of hydrogen-bond donors (Lipinski definition) is 1. The normalized spacial score (nSPS) is 13.6. The van der Waals surface area contributed by atoms with Gasteiger partial charge in [-0.1, -0.05) is 25.7 Å². The zero-order valence-corrected chi connectivity index (χ0v) is 7.63. The van der Waals surface area contributed by atoms with Gasteiger partial charge >= 0.3 is 0 Å². The van der Waals surface area contributed by atoms with E-state index in [-0.39, 0.29) is 9.90 Å². The van der Waals surface area contributed by atoms with Crippen LogP contribution in [-0.4, -0.2) is 9.97 Å². The molecule has 1 aliphatic carbocycles. The summed E-state index contributed by atoms with van der Waals surface area (Å²) in [6.45, 7) is 0. The lowest BCUT2D eigenvalue weighted by Gasteiger charge is -2.05. The Morgan fingerprint density at radius 3 is 1.80 bits per heavy atom. The van der Waals surface area contributed by atoms with E-state index in [4.69, 9.17) is 0 Å². The average molecular weight is 158 g/mol. The average Bonchev–Trinajstić information content (AvgIpc) is 2.07. The van der Waals surface area contributed by atoms with Gasteiger partial charge in [0.1, 0.15) is 0 Å². The molecule has 1 atom stereocenters. The van der Waals surface area contributed by atoms with Gasteiger partial charge in [0, 0.05) is 12.4 Å². The molecule has 1 aromatic rings. The van der Waals surface area contributed by atoms with E-state index in [9.17, 15) is 0 Å². The van der Waals surface area contributed by atoms with E-state index >= 15 is 0 Å². The summed E-state index contributed by atoms with van der Waals surface area (Å²) in [7, 11) is 0. The van der Waals surface area contributed by atoms with Crippen LogP contribution < -0.4 is 0 Å². The zero-order valence-electron chi connectivity index (χ0n) is 6.21. The van der Waals surface area contributed by atoms with Gasteiger partial charge in [0.25, 0.3) is 0 Å². The highest BCUT2D eigenvalue weighted by molar-refractivity contribution is 6.92. The lowest BCUT2D eigenvalue weighted by Crippen LogP contribution is -1.85. The Bertz CT molecular complexity index is 103. The molecule has 1 heterocycles. The van der Waals surface area contributed by atoms with Crippen molar-refractivity contribution in [1.82, 2.24) is 9.97 Å². The van der Waals surface area contributed by atoms with Crippen LogP contribution in [0.15, 0.2) is 18.7 Å². The molecule has 0 aromatic carbocycles. The summed E-state index contributed by atoms with van der Waals surface area (Å²) in [5, 5.41) is 0. The van der Waals surface area contributed by atoms with E-state index in [1.165, 1.54) is 25.7 Å². The van der Waals surface area contributed by atoms with Gasteiger partial charge in [0.2, 0.25) is 0 Å². The van der Waals surface area contributed by atoms with E-state index in [0.717, 1.165) is 0 Å². The van der Waals surface area contributed by atoms with Crippen molar-refractivity contribution in [1.29, 1.82) is 0 Å². The van der Waals surface area contributed by atoms with Crippen molar-refractivity contribution < 1.29 is 0 Å². The van der Waals surface area contributed by atoms with Crippen LogP contribution in [-0.2, 0) is 0 Å². The summed E-state index contributed by atoms with van der Waals surface area (Å²) >= 11 is 0. The molecule has 0 bridgehead atoms. The Morgan fingerprint density at radius 2 is 1.70 bits per heavy atom. The van der Waals surface area contributed by atoms with Gasteiger partial charge in [-0.05, 0) is 0 Å². The van der Waals surface area contributed by atoms with E-state index in [2.05, 4.69) is 9.97 Å². The minimum Gasteiger partial charge on any atom is -0.351 e. The topological polar surface area (TPSA) is 28.7 Å². The number of rotatable bonds is 0. The number of aromatic nitrogens is 2. The third-order valence-electron chi connectivity index (χ3n) is 1.41. The van der Waals surface area contributed by atoms with Crippen LogP contribution in [0, 0.1) is 0 Å². The van der Waals surface area contributed by atoms with Crippen LogP contribution in [0.2, 0.25) is 0 Å². The highest BCUT2D eigenvalue weighted by Gasteiger charge is 1.95. The maximum atomic E-state index is 3.67. The Labute approximate surface area is 65.1 Å². The largest absolute Gasteiger partial charge is 0.351 e. The molecule has 3 heteroatoms. The fourth-order valence-electron chi connectivity index (χ4n) is 0.465. The number of imidazole rings is 1. The molecular weight excluding hydrogens is 143 g/mol. The summed E-state index contributed by atoms with van der Waals surface area (Å²) in [6, 6.07) is 0. The molecule has 0 aliphatic heterocycles. The first-order valence-corrected chi connectivity index (χ1v) is 3.43. The molecule has 0 amide bonds. The maximum Gasteiger partial charge on any atom is 0.0919 e. The molecular formula is C7H15N2P. The summed E-state index contributed by atoms with van der Waals surface area (Å²) in [6.07, 6.45) is 11.1. The minimum atomic E-state index is 0. The minimum absolute atomic E-state index is 0. The van der Waals surface area contributed by atoms with Gasteiger partial charge in [-0.25, -0.2) is 4.98 Å². The number of hydrogen-bond acceptors (Lipinski definition) is 1. The Hall–Kier alpha value is -0.360. The predicted octanol–water partition coefficient (Wildman–Crippen LogP) is 2.03. The lowest BCUT2D eigenvalue weighted by atomic mass is 10.0. The van der Waals surface area contributed by atoms with Gasteiger partial charge in [0.05, 0.1) is 6.33 Å². The van der Waals surface area contributed by atoms with Gasteiger partial charge in [-0.3, -0.25) is 0 Å². The molecule has 1 N–H and O–H groups in total. The quantitative estimate of drug-likeness (QED) is 0.575. The highest BCUT2D eigenvalue weighted by Crippen LogP contribution is 2.15. The molecule has 0 radical (unpaired) electrons. The molecule has 0 spiro atoms. The molecule has 1 fully saturated rings. The molecule has 1 saturated carbocycles. The van der Waals surface area contributed by atoms with Crippen molar-refractivity contribution >= 4 is 9.90 Å². The second-order valence-electron chi connectivity index (χ2n) is 2.17. The Balaban J connectivity index is 0.000000150. The van der Waals surface area contributed by atoms with Crippen LogP contribution in [0.3, 0.4) is 0 Å². The van der Waals surface area contributed by atoms with Crippen molar-refractivity contribution in [2.24, 2.45) is 0 Å². The Morgan fingerprint density at radius 1 is 1.10 bits per heavy atom. The summed E-state index contributed by atoms with van der Waals surface area (Å²) < 4.78 is 0. The van der Waals surface area contributed by atoms with Gasteiger partial charge in [-0.2, -0.15) is 9.90 Å². The standard InChI is InChI=1S/C4H8.C3H4N2.H3P/c1-2-4-3-1;1-2-5-3-4-1;/h1-4H2;1-3H,(H,4,5);1H3. The molecule has 1 unspecified atom stereocenters. The van der Waals surface area contributed by atoms with E-state index in [1.807, 2.05) is 0 Å². The van der Waals surface area contributed by atoms with Crippen LogP contribution in [0.1, 0.15) is 25.7 Å². The maximum absolute atomic E-state index is 3.67. The van der Waals surface area contributed by atoms with Crippen LogP contribution >= 0.6 is 9.90 Å². The molecule has 1 aliphatic rings. The fourth-order valence-corrected chi connectivity index (χ4v) is 0.465. The van der Waals surface area contributed by atoms with Gasteiger partial charge in [-0.15, -0.1) is 0 Å². The summed E-state index contributed by atoms with van der Waals surface area (Å²) in [5.74, 6) is 0. The predicted molar refractivity (Wildman–Crippen MR) is 48.2 cm³/mol. The molecule has 1 aromatic heterocycles. The fraction of sp³-hybridized carbons (Fsp3) is 0.571. The van der Waals surface area contributed by atoms with Gasteiger partial charge < -0.3 is 4.98 Å². The molecule has 10 heavy (non-hydrogen) atoms. The smallest absolute Gasteiger partial charge is 0.0919 e. The molecule has 2 rings (SSSR count). The SMILES string of the molecule is C1CCC1.P.c1c[nH]cn1. The number of aromatic amines is 1. The van der Waals surface area contributed by atoms with Crippen LogP contribution in [0.5, 0.6) is 0 Å². The number of H-pyrrole nitrogens is 1. The number of nitrogens with zero attached hydrogens (tertiary/aromatic N) is 1. The number of nitrogens with one attached hydrogen (secondary N) is 1. The first-order valence-electron chi connectivity index (χ1n) is 3.43. The second kappa shape index (κ2) is 6.76. The van der Waals surface area contributed by atoms with Gasteiger partial charge in [0.15, 0.2) is 0 Å². The van der Waals surface area contributed by atoms with Crippen molar-refractivity contribution in [2.75, 3.05) is 0 Å². The highest BCUT2D eigenvalue weighted by atomic mass is 31.0. The zero-order chi connectivity index (χ0) is 6.36. The van der Waals surface area contributed by atoms with E-state index in [0.29, 0.717) is 0 Å². The van der Waals surface area contributed by atoms with Crippen molar-refractivity contribution in [3.63, 3.8) is 0 Å². The molecule has 58 valence electrons.